The Morgan fingerprint density at radius 1 is 1.08 bits per heavy atom. The van der Waals surface area contributed by atoms with Crippen molar-refractivity contribution in [3.63, 3.8) is 0 Å². The quantitative estimate of drug-likeness (QED) is 0.128. The average Bonchev–Trinajstić information content (AvgIpc) is 3.54. The number of rotatable bonds is 7. The largest absolute Gasteiger partial charge is 0.496 e. The summed E-state index contributed by atoms with van der Waals surface area (Å²) in [5.41, 5.74) is 2.78. The highest BCUT2D eigenvalue weighted by Crippen LogP contribution is 2.33. The van der Waals surface area contributed by atoms with Gasteiger partial charge in [0.2, 0.25) is 11.8 Å². The van der Waals surface area contributed by atoms with E-state index in [1.165, 1.54) is 18.2 Å². The predicted octanol–water partition coefficient (Wildman–Crippen LogP) is 7.09. The molecule has 0 fully saturated rings. The zero-order valence-corrected chi connectivity index (χ0v) is 20.9. The molecule has 1 amide bonds. The number of amides is 1. The monoisotopic (exact) mass is 559 g/mol. The van der Waals surface area contributed by atoms with Crippen LogP contribution in [0.4, 0.5) is 11.4 Å². The Labute approximate surface area is 218 Å². The molecule has 0 aliphatic carbocycles. The normalized spacial score (nSPS) is 11.2. The van der Waals surface area contributed by atoms with Gasteiger partial charge in [-0.05, 0) is 76.6 Å². The highest BCUT2D eigenvalue weighted by molar-refractivity contribution is 9.10. The number of carbonyl (C=O) groups is 1. The van der Waals surface area contributed by atoms with Crippen LogP contribution in [-0.2, 0) is 4.79 Å². The van der Waals surface area contributed by atoms with E-state index >= 15 is 0 Å². The number of methoxy groups -OCH3 is 1. The van der Waals surface area contributed by atoms with Gasteiger partial charge < -0.3 is 18.9 Å². The number of carbonyl (C=O) groups excluding carboxylic acids is 1. The number of nitrogens with one attached hydrogen (secondary N) is 1. The molecule has 0 saturated carbocycles. The highest BCUT2D eigenvalue weighted by Gasteiger charge is 2.17. The molecule has 9 nitrogen and oxygen atoms in total. The Kier molecular flexibility index (Phi) is 6.57. The maximum absolute atomic E-state index is 12.5. The minimum atomic E-state index is -0.467. The van der Waals surface area contributed by atoms with Gasteiger partial charge in [-0.15, -0.1) is 0 Å². The van der Waals surface area contributed by atoms with E-state index in [1.807, 2.05) is 18.2 Å². The standard InChI is InChI=1S/C27H18BrN3O6/c1-35-24-10-6-16(14-20(24)28)27-30-21-15-17(7-11-25(21)37-27)29-26(32)13-9-18-8-12-23(36-18)19-4-2-3-5-22(19)31(33)34/h2-15H,1H3,(H,29,32)/b13-9+. The summed E-state index contributed by atoms with van der Waals surface area (Å²) in [6.45, 7) is 0. The number of aromatic nitrogens is 1. The van der Waals surface area contributed by atoms with Gasteiger partial charge >= 0.3 is 0 Å². The van der Waals surface area contributed by atoms with E-state index in [2.05, 4.69) is 26.2 Å². The molecule has 2 heterocycles. The lowest BCUT2D eigenvalue weighted by atomic mass is 10.1. The number of halogens is 1. The first kappa shape index (κ1) is 24.0. The van der Waals surface area contributed by atoms with E-state index in [1.54, 1.807) is 55.6 Å². The molecule has 1 N–H and O–H groups in total. The minimum absolute atomic E-state index is 0.0591. The second kappa shape index (κ2) is 10.1. The van der Waals surface area contributed by atoms with Crippen molar-refractivity contribution in [1.82, 2.24) is 4.98 Å². The first-order chi connectivity index (χ1) is 17.9. The van der Waals surface area contributed by atoms with E-state index < -0.39 is 4.92 Å². The number of hydrogen-bond donors (Lipinski definition) is 1. The molecule has 0 radical (unpaired) electrons. The number of furan rings is 1. The number of nitro groups is 1. The van der Waals surface area contributed by atoms with E-state index in [-0.39, 0.29) is 11.6 Å². The lowest BCUT2D eigenvalue weighted by Crippen LogP contribution is -2.07. The fourth-order valence-electron chi connectivity index (χ4n) is 3.70. The number of para-hydroxylation sites is 1. The number of fused-ring (bicyclic) bond motifs is 1. The first-order valence-electron chi connectivity index (χ1n) is 11.0. The molecule has 0 saturated heterocycles. The van der Waals surface area contributed by atoms with Crippen LogP contribution >= 0.6 is 15.9 Å². The predicted molar refractivity (Wildman–Crippen MR) is 142 cm³/mol. The Hall–Kier alpha value is -4.70. The summed E-state index contributed by atoms with van der Waals surface area (Å²) in [6.07, 6.45) is 2.80. The van der Waals surface area contributed by atoms with Gasteiger partial charge in [-0.2, -0.15) is 0 Å². The van der Waals surface area contributed by atoms with Crippen molar-refractivity contribution in [3.05, 3.63) is 99.2 Å². The van der Waals surface area contributed by atoms with Gasteiger partial charge in [-0.25, -0.2) is 4.98 Å². The maximum Gasteiger partial charge on any atom is 0.280 e. The molecular formula is C27H18BrN3O6. The molecule has 5 aromatic rings. The van der Waals surface area contributed by atoms with Gasteiger partial charge in [0.1, 0.15) is 22.8 Å². The summed E-state index contributed by atoms with van der Waals surface area (Å²) >= 11 is 3.46. The third-order valence-corrected chi connectivity index (χ3v) is 6.07. The summed E-state index contributed by atoms with van der Waals surface area (Å²) in [7, 11) is 1.59. The number of ether oxygens (including phenoxy) is 1. The van der Waals surface area contributed by atoms with Crippen molar-refractivity contribution in [1.29, 1.82) is 0 Å². The average molecular weight is 560 g/mol. The van der Waals surface area contributed by atoms with Gasteiger partial charge in [-0.1, -0.05) is 12.1 Å². The van der Waals surface area contributed by atoms with Crippen LogP contribution in [0.5, 0.6) is 5.75 Å². The van der Waals surface area contributed by atoms with Gasteiger partial charge in [0, 0.05) is 23.4 Å². The third kappa shape index (κ3) is 5.14. The number of oxazole rings is 1. The summed E-state index contributed by atoms with van der Waals surface area (Å²) in [5, 5.41) is 14.0. The van der Waals surface area contributed by atoms with Crippen molar-refractivity contribution in [2.45, 2.75) is 0 Å². The first-order valence-corrected chi connectivity index (χ1v) is 11.8. The van der Waals surface area contributed by atoms with Crippen LogP contribution in [0.25, 0.3) is 40.0 Å². The fourth-order valence-corrected chi connectivity index (χ4v) is 4.24. The Bertz CT molecular complexity index is 1670. The molecule has 184 valence electrons. The molecule has 0 bridgehead atoms. The summed E-state index contributed by atoms with van der Waals surface area (Å²) in [4.78, 5) is 27.8. The lowest BCUT2D eigenvalue weighted by Gasteiger charge is -2.03. The van der Waals surface area contributed by atoms with Crippen LogP contribution in [0, 0.1) is 10.1 Å². The van der Waals surface area contributed by atoms with E-state index in [9.17, 15) is 14.9 Å². The van der Waals surface area contributed by atoms with E-state index in [0.717, 1.165) is 10.0 Å². The number of hydrogen-bond acceptors (Lipinski definition) is 7. The number of nitro benzene ring substituents is 1. The molecule has 3 aromatic carbocycles. The van der Waals surface area contributed by atoms with Gasteiger partial charge in [0.05, 0.1) is 22.1 Å². The van der Waals surface area contributed by atoms with Crippen LogP contribution in [0.1, 0.15) is 5.76 Å². The molecule has 37 heavy (non-hydrogen) atoms. The Morgan fingerprint density at radius 2 is 1.92 bits per heavy atom. The molecule has 5 rings (SSSR count). The second-order valence-corrected chi connectivity index (χ2v) is 8.70. The smallest absolute Gasteiger partial charge is 0.280 e. The van der Waals surface area contributed by atoms with Crippen LogP contribution in [-0.4, -0.2) is 22.9 Å². The molecule has 2 aromatic heterocycles. The van der Waals surface area contributed by atoms with Crippen LogP contribution < -0.4 is 10.1 Å². The molecule has 10 heteroatoms. The number of nitrogens with zero attached hydrogens (tertiary/aromatic N) is 2. The Morgan fingerprint density at radius 3 is 2.70 bits per heavy atom. The summed E-state index contributed by atoms with van der Waals surface area (Å²) < 4.78 is 17.6. The summed E-state index contributed by atoms with van der Waals surface area (Å²) in [5.74, 6) is 1.47. The van der Waals surface area contributed by atoms with Gasteiger partial charge in [0.25, 0.3) is 5.69 Å². The number of benzene rings is 3. The molecule has 0 atom stereocenters. The van der Waals surface area contributed by atoms with Crippen LogP contribution in [0.15, 0.2) is 92.2 Å². The molecule has 0 spiro atoms. The fraction of sp³-hybridized carbons (Fsp3) is 0.0370. The van der Waals surface area contributed by atoms with Crippen molar-refractivity contribution in [2.24, 2.45) is 0 Å². The van der Waals surface area contributed by atoms with Crippen LogP contribution in [0.2, 0.25) is 0 Å². The van der Waals surface area contributed by atoms with Crippen LogP contribution in [0.3, 0.4) is 0 Å². The van der Waals surface area contributed by atoms with E-state index in [0.29, 0.717) is 45.5 Å². The highest BCUT2D eigenvalue weighted by atomic mass is 79.9. The van der Waals surface area contributed by atoms with Gasteiger partial charge in [-0.3, -0.25) is 14.9 Å². The van der Waals surface area contributed by atoms with Crippen molar-refractivity contribution in [2.75, 3.05) is 12.4 Å². The van der Waals surface area contributed by atoms with Gasteiger partial charge in [0.15, 0.2) is 5.58 Å². The number of anilines is 1. The van der Waals surface area contributed by atoms with E-state index in [4.69, 9.17) is 13.6 Å². The lowest BCUT2D eigenvalue weighted by molar-refractivity contribution is -0.384. The second-order valence-electron chi connectivity index (χ2n) is 7.85. The maximum atomic E-state index is 12.5. The van der Waals surface area contributed by atoms with Crippen molar-refractivity contribution >= 4 is 50.4 Å². The molecule has 0 aliphatic rings. The SMILES string of the molecule is COc1ccc(-c2nc3cc(NC(=O)/C=C/c4ccc(-c5ccccc5[N+](=O)[O-])o4)ccc3o2)cc1Br. The van der Waals surface area contributed by atoms with Crippen molar-refractivity contribution < 1.29 is 23.3 Å². The zero-order chi connectivity index (χ0) is 25.9. The Balaban J connectivity index is 1.29. The zero-order valence-electron chi connectivity index (χ0n) is 19.3. The topological polar surface area (TPSA) is 121 Å². The molecular weight excluding hydrogens is 542 g/mol. The molecule has 0 unspecified atom stereocenters. The third-order valence-electron chi connectivity index (χ3n) is 5.45. The molecule has 0 aliphatic heterocycles. The summed E-state index contributed by atoms with van der Waals surface area (Å²) in [6, 6.07) is 20.2. The van der Waals surface area contributed by atoms with Crippen molar-refractivity contribution in [3.8, 4) is 28.5 Å². The minimum Gasteiger partial charge on any atom is -0.496 e.